The number of nitrogens with two attached hydrogens (primary N) is 2. The van der Waals surface area contributed by atoms with Crippen LogP contribution in [-0.4, -0.2) is 17.9 Å². The number of primary amides is 1. The number of hydrogen-bond donors (Lipinski definition) is 3. The lowest BCUT2D eigenvalue weighted by atomic mass is 10.1. The van der Waals surface area contributed by atoms with E-state index >= 15 is 0 Å². The second-order valence-electron chi connectivity index (χ2n) is 4.07. The van der Waals surface area contributed by atoms with E-state index in [-0.39, 0.29) is 18.8 Å². The number of carbonyl (C=O) groups is 2. The first-order valence-corrected chi connectivity index (χ1v) is 5.32. The van der Waals surface area contributed by atoms with Crippen molar-refractivity contribution in [3.63, 3.8) is 0 Å². The van der Waals surface area contributed by atoms with Crippen LogP contribution in [0.15, 0.2) is 18.2 Å². The largest absolute Gasteiger partial charge is 0.370 e. The molecule has 0 spiro atoms. The smallest absolute Gasteiger partial charge is 0.241 e. The van der Waals surface area contributed by atoms with E-state index in [0.717, 1.165) is 11.1 Å². The molecule has 0 saturated carbocycles. The second-order valence-corrected chi connectivity index (χ2v) is 4.07. The summed E-state index contributed by atoms with van der Waals surface area (Å²) in [5.74, 6) is -1.00. The molecule has 0 bridgehead atoms. The lowest BCUT2D eigenvalue weighted by Gasteiger charge is -2.11. The van der Waals surface area contributed by atoms with Crippen molar-refractivity contribution in [3.8, 4) is 0 Å². The van der Waals surface area contributed by atoms with Gasteiger partial charge in [-0.3, -0.25) is 9.59 Å². The van der Waals surface area contributed by atoms with Crippen molar-refractivity contribution in [2.45, 2.75) is 26.3 Å². The van der Waals surface area contributed by atoms with Gasteiger partial charge in [0.05, 0.1) is 12.5 Å². The fourth-order valence-corrected chi connectivity index (χ4v) is 1.36. The van der Waals surface area contributed by atoms with Crippen LogP contribution in [0.25, 0.3) is 0 Å². The fraction of sp³-hybridized carbons (Fsp3) is 0.333. The molecule has 1 rings (SSSR count). The summed E-state index contributed by atoms with van der Waals surface area (Å²) < 4.78 is 0. The van der Waals surface area contributed by atoms with Gasteiger partial charge in [-0.2, -0.15) is 0 Å². The first kappa shape index (κ1) is 16.4. The molecule has 0 aromatic heterocycles. The highest BCUT2D eigenvalue weighted by Crippen LogP contribution is 2.14. The highest BCUT2D eigenvalue weighted by atomic mass is 35.5. The summed E-state index contributed by atoms with van der Waals surface area (Å²) >= 11 is 0. The Bertz CT molecular complexity index is 449. The van der Waals surface area contributed by atoms with Crippen molar-refractivity contribution in [3.05, 3.63) is 29.3 Å². The molecule has 1 unspecified atom stereocenters. The van der Waals surface area contributed by atoms with Crippen LogP contribution >= 0.6 is 12.4 Å². The molecule has 100 valence electrons. The third-order valence-electron chi connectivity index (χ3n) is 2.53. The Hall–Kier alpha value is -1.59. The van der Waals surface area contributed by atoms with Gasteiger partial charge in [0.25, 0.3) is 0 Å². The van der Waals surface area contributed by atoms with Crippen molar-refractivity contribution in [1.82, 2.24) is 0 Å². The lowest BCUT2D eigenvalue weighted by molar-refractivity contribution is -0.123. The Kier molecular flexibility index (Phi) is 6.36. The zero-order valence-electron chi connectivity index (χ0n) is 10.4. The number of rotatable bonds is 4. The monoisotopic (exact) mass is 271 g/mol. The summed E-state index contributed by atoms with van der Waals surface area (Å²) in [7, 11) is 0. The van der Waals surface area contributed by atoms with Crippen molar-refractivity contribution in [2.75, 3.05) is 5.32 Å². The minimum absolute atomic E-state index is 0. The number of benzene rings is 1. The Labute approximate surface area is 112 Å². The van der Waals surface area contributed by atoms with Gasteiger partial charge in [-0.25, -0.2) is 0 Å². The van der Waals surface area contributed by atoms with Gasteiger partial charge in [0.1, 0.15) is 0 Å². The minimum Gasteiger partial charge on any atom is -0.370 e. The average molecular weight is 272 g/mol. The van der Waals surface area contributed by atoms with Gasteiger partial charge < -0.3 is 16.8 Å². The number of carbonyl (C=O) groups excluding carboxylic acids is 2. The van der Waals surface area contributed by atoms with Crippen LogP contribution in [0.2, 0.25) is 0 Å². The number of hydrogen-bond acceptors (Lipinski definition) is 3. The first-order valence-electron chi connectivity index (χ1n) is 5.32. The van der Waals surface area contributed by atoms with E-state index in [1.165, 1.54) is 0 Å². The van der Waals surface area contributed by atoms with Gasteiger partial charge in [-0.15, -0.1) is 12.4 Å². The van der Waals surface area contributed by atoms with Gasteiger partial charge in [0.15, 0.2) is 0 Å². The van der Waals surface area contributed by atoms with Crippen LogP contribution in [0.3, 0.4) is 0 Å². The average Bonchev–Trinajstić information content (AvgIpc) is 2.22. The van der Waals surface area contributed by atoms with Gasteiger partial charge in [0, 0.05) is 5.69 Å². The molecule has 5 nitrogen and oxygen atoms in total. The Morgan fingerprint density at radius 1 is 1.28 bits per heavy atom. The number of halogens is 1. The molecular weight excluding hydrogens is 254 g/mol. The van der Waals surface area contributed by atoms with E-state index in [4.69, 9.17) is 11.5 Å². The van der Waals surface area contributed by atoms with Crippen LogP contribution < -0.4 is 16.8 Å². The summed E-state index contributed by atoms with van der Waals surface area (Å²) in [4.78, 5) is 22.2. The molecule has 0 fully saturated rings. The predicted octanol–water partition coefficient (Wildman–Crippen LogP) is 0.866. The van der Waals surface area contributed by atoms with Crippen molar-refractivity contribution in [2.24, 2.45) is 11.5 Å². The third-order valence-corrected chi connectivity index (χ3v) is 2.53. The summed E-state index contributed by atoms with van der Waals surface area (Å²) in [6.45, 7) is 3.94. The van der Waals surface area contributed by atoms with Gasteiger partial charge in [-0.05, 0) is 37.1 Å². The molecule has 0 radical (unpaired) electrons. The molecule has 0 aliphatic heterocycles. The molecule has 0 saturated heterocycles. The Morgan fingerprint density at radius 2 is 1.89 bits per heavy atom. The zero-order chi connectivity index (χ0) is 13.0. The SMILES string of the molecule is Cc1ccc(NC(=O)C(N)CC(N)=O)cc1C.Cl. The van der Waals surface area contributed by atoms with Gasteiger partial charge in [-0.1, -0.05) is 6.07 Å². The number of aryl methyl sites for hydroxylation is 2. The highest BCUT2D eigenvalue weighted by molar-refractivity contribution is 5.97. The zero-order valence-corrected chi connectivity index (χ0v) is 11.2. The lowest BCUT2D eigenvalue weighted by Crippen LogP contribution is -2.39. The number of nitrogens with one attached hydrogen (secondary N) is 1. The van der Waals surface area contributed by atoms with Gasteiger partial charge >= 0.3 is 0 Å². The Balaban J connectivity index is 0.00000289. The van der Waals surface area contributed by atoms with E-state index in [9.17, 15) is 9.59 Å². The summed E-state index contributed by atoms with van der Waals surface area (Å²) in [5, 5.41) is 2.64. The second kappa shape index (κ2) is 6.98. The van der Waals surface area contributed by atoms with Crippen LogP contribution in [-0.2, 0) is 9.59 Å². The predicted molar refractivity (Wildman–Crippen MR) is 73.6 cm³/mol. The van der Waals surface area contributed by atoms with Crippen molar-refractivity contribution in [1.29, 1.82) is 0 Å². The topological polar surface area (TPSA) is 98.2 Å². The van der Waals surface area contributed by atoms with Crippen molar-refractivity contribution < 1.29 is 9.59 Å². The summed E-state index contributed by atoms with van der Waals surface area (Å²) in [6.07, 6.45) is -0.156. The van der Waals surface area contributed by atoms with E-state index in [0.29, 0.717) is 5.69 Å². The molecule has 6 heteroatoms. The molecule has 18 heavy (non-hydrogen) atoms. The molecule has 1 aromatic rings. The third kappa shape index (κ3) is 4.73. The quantitative estimate of drug-likeness (QED) is 0.758. The maximum Gasteiger partial charge on any atom is 0.241 e. The van der Waals surface area contributed by atoms with Crippen molar-refractivity contribution >= 4 is 29.9 Å². The van der Waals surface area contributed by atoms with E-state index in [1.54, 1.807) is 6.07 Å². The minimum atomic E-state index is -0.908. The summed E-state index contributed by atoms with van der Waals surface area (Å²) in [6, 6.07) is 4.64. The maximum absolute atomic E-state index is 11.6. The molecule has 2 amide bonds. The van der Waals surface area contributed by atoms with E-state index in [1.807, 2.05) is 26.0 Å². The molecule has 0 aliphatic rings. The highest BCUT2D eigenvalue weighted by Gasteiger charge is 2.15. The Morgan fingerprint density at radius 3 is 2.39 bits per heavy atom. The molecule has 1 atom stereocenters. The van der Waals surface area contributed by atoms with Gasteiger partial charge in [0.2, 0.25) is 11.8 Å². The summed E-state index contributed by atoms with van der Waals surface area (Å²) in [5.41, 5.74) is 13.4. The number of amides is 2. The fourth-order valence-electron chi connectivity index (χ4n) is 1.36. The van der Waals surface area contributed by atoms with Crippen LogP contribution in [0, 0.1) is 13.8 Å². The van der Waals surface area contributed by atoms with Crippen LogP contribution in [0.4, 0.5) is 5.69 Å². The molecular formula is C12H18ClN3O2. The first-order chi connectivity index (χ1) is 7.90. The number of anilines is 1. The normalized spacial score (nSPS) is 11.3. The van der Waals surface area contributed by atoms with E-state index < -0.39 is 17.9 Å². The van der Waals surface area contributed by atoms with Crippen LogP contribution in [0.5, 0.6) is 0 Å². The maximum atomic E-state index is 11.6. The molecule has 1 aromatic carbocycles. The standard InChI is InChI=1S/C12H17N3O2.ClH/c1-7-3-4-9(5-8(7)2)15-12(17)10(13)6-11(14)16;/h3-5,10H,6,13H2,1-2H3,(H2,14,16)(H,15,17);1H. The molecule has 0 aliphatic carbocycles. The van der Waals surface area contributed by atoms with E-state index in [2.05, 4.69) is 5.32 Å². The molecule has 5 N–H and O–H groups in total. The molecule has 0 heterocycles. The van der Waals surface area contributed by atoms with Crippen LogP contribution in [0.1, 0.15) is 17.5 Å².